The predicted molar refractivity (Wildman–Crippen MR) is 85.2 cm³/mol. The van der Waals surface area contributed by atoms with Crippen molar-refractivity contribution in [1.82, 2.24) is 9.78 Å². The van der Waals surface area contributed by atoms with Gasteiger partial charge in [0.15, 0.2) is 0 Å². The summed E-state index contributed by atoms with van der Waals surface area (Å²) in [7, 11) is 0. The Kier molecular flexibility index (Phi) is 5.39. The molecule has 0 bridgehead atoms. The summed E-state index contributed by atoms with van der Waals surface area (Å²) in [6, 6.07) is 8.58. The molecular formula is C17H25N3O. The van der Waals surface area contributed by atoms with Crippen LogP contribution in [-0.2, 0) is 13.2 Å². The van der Waals surface area contributed by atoms with E-state index in [1.54, 1.807) is 0 Å². The van der Waals surface area contributed by atoms with Crippen LogP contribution in [0.4, 0.5) is 0 Å². The minimum Gasteiger partial charge on any atom is -0.487 e. The zero-order valence-corrected chi connectivity index (χ0v) is 13.2. The van der Waals surface area contributed by atoms with Crippen LogP contribution < -0.4 is 10.5 Å². The standard InChI is InChI=1S/C17H25N3O/c1-4-16(5-2)20-9-8-15(19-20)12-21-17-10-14(11-18)7-6-13(17)3/h6-10,16H,4-5,11-12,18H2,1-3H3. The van der Waals surface area contributed by atoms with Crippen LogP contribution in [-0.4, -0.2) is 9.78 Å². The maximum atomic E-state index is 5.89. The van der Waals surface area contributed by atoms with Crippen LogP contribution in [0.5, 0.6) is 5.75 Å². The first-order valence-electron chi connectivity index (χ1n) is 7.64. The summed E-state index contributed by atoms with van der Waals surface area (Å²) < 4.78 is 7.94. The monoisotopic (exact) mass is 287 g/mol. The normalized spacial score (nSPS) is 11.1. The summed E-state index contributed by atoms with van der Waals surface area (Å²) >= 11 is 0. The van der Waals surface area contributed by atoms with Gasteiger partial charge in [-0.25, -0.2) is 0 Å². The number of benzene rings is 1. The maximum Gasteiger partial charge on any atom is 0.132 e. The van der Waals surface area contributed by atoms with Gasteiger partial charge < -0.3 is 10.5 Å². The van der Waals surface area contributed by atoms with Gasteiger partial charge in [0.1, 0.15) is 12.4 Å². The number of hydrogen-bond donors (Lipinski definition) is 1. The third-order valence-electron chi connectivity index (χ3n) is 3.84. The fourth-order valence-electron chi connectivity index (χ4n) is 2.40. The van der Waals surface area contributed by atoms with Gasteiger partial charge in [-0.3, -0.25) is 4.68 Å². The van der Waals surface area contributed by atoms with Gasteiger partial charge in [-0.05, 0) is 43.0 Å². The van der Waals surface area contributed by atoms with E-state index >= 15 is 0 Å². The molecule has 0 saturated carbocycles. The molecule has 114 valence electrons. The van der Waals surface area contributed by atoms with Crippen molar-refractivity contribution in [3.8, 4) is 5.75 Å². The van der Waals surface area contributed by atoms with Crippen molar-refractivity contribution < 1.29 is 4.74 Å². The van der Waals surface area contributed by atoms with Crippen molar-refractivity contribution in [2.75, 3.05) is 0 Å². The Morgan fingerprint density at radius 1 is 1.24 bits per heavy atom. The van der Waals surface area contributed by atoms with Crippen molar-refractivity contribution in [3.63, 3.8) is 0 Å². The lowest BCUT2D eigenvalue weighted by Crippen LogP contribution is -2.08. The van der Waals surface area contributed by atoms with Crippen LogP contribution in [0.25, 0.3) is 0 Å². The molecular weight excluding hydrogens is 262 g/mol. The fourth-order valence-corrected chi connectivity index (χ4v) is 2.40. The quantitative estimate of drug-likeness (QED) is 0.846. The number of hydrogen-bond acceptors (Lipinski definition) is 3. The lowest BCUT2D eigenvalue weighted by molar-refractivity contribution is 0.295. The highest BCUT2D eigenvalue weighted by molar-refractivity contribution is 5.36. The zero-order chi connectivity index (χ0) is 15.2. The van der Waals surface area contributed by atoms with E-state index in [-0.39, 0.29) is 0 Å². The van der Waals surface area contributed by atoms with E-state index in [2.05, 4.69) is 18.9 Å². The third kappa shape index (κ3) is 3.85. The Morgan fingerprint density at radius 2 is 2.00 bits per heavy atom. The molecule has 0 atom stereocenters. The van der Waals surface area contributed by atoms with E-state index in [0.717, 1.165) is 35.4 Å². The second kappa shape index (κ2) is 7.27. The molecule has 1 aromatic heterocycles. The average Bonchev–Trinajstić information content (AvgIpc) is 2.96. The van der Waals surface area contributed by atoms with Crippen LogP contribution in [0.15, 0.2) is 30.5 Å². The van der Waals surface area contributed by atoms with Crippen LogP contribution in [0.3, 0.4) is 0 Å². The summed E-state index contributed by atoms with van der Waals surface area (Å²) in [5.74, 6) is 0.884. The van der Waals surface area contributed by atoms with E-state index in [1.165, 1.54) is 0 Å². The van der Waals surface area contributed by atoms with E-state index in [0.29, 0.717) is 19.2 Å². The second-order valence-electron chi connectivity index (χ2n) is 5.35. The van der Waals surface area contributed by atoms with Crippen molar-refractivity contribution in [1.29, 1.82) is 0 Å². The van der Waals surface area contributed by atoms with Gasteiger partial charge in [0, 0.05) is 12.7 Å². The summed E-state index contributed by atoms with van der Waals surface area (Å²) in [5.41, 5.74) is 8.83. The van der Waals surface area contributed by atoms with Gasteiger partial charge in [-0.2, -0.15) is 5.10 Å². The SMILES string of the molecule is CCC(CC)n1ccc(COc2cc(CN)ccc2C)n1. The third-order valence-corrected chi connectivity index (χ3v) is 3.84. The summed E-state index contributed by atoms with van der Waals surface area (Å²) in [4.78, 5) is 0. The molecule has 0 aliphatic carbocycles. The largest absolute Gasteiger partial charge is 0.487 e. The van der Waals surface area contributed by atoms with Crippen LogP contribution in [0.2, 0.25) is 0 Å². The molecule has 0 radical (unpaired) electrons. The second-order valence-corrected chi connectivity index (χ2v) is 5.35. The maximum absolute atomic E-state index is 5.89. The topological polar surface area (TPSA) is 53.1 Å². The van der Waals surface area contributed by atoms with Crippen LogP contribution >= 0.6 is 0 Å². The van der Waals surface area contributed by atoms with Gasteiger partial charge in [-0.15, -0.1) is 0 Å². The van der Waals surface area contributed by atoms with Gasteiger partial charge >= 0.3 is 0 Å². The minimum atomic E-state index is 0.473. The Hall–Kier alpha value is -1.81. The molecule has 4 heteroatoms. The lowest BCUT2D eigenvalue weighted by Gasteiger charge is -2.12. The average molecular weight is 287 g/mol. The molecule has 1 heterocycles. The van der Waals surface area contributed by atoms with E-state index in [9.17, 15) is 0 Å². The van der Waals surface area contributed by atoms with Crippen molar-refractivity contribution in [2.45, 2.75) is 52.8 Å². The smallest absolute Gasteiger partial charge is 0.132 e. The lowest BCUT2D eigenvalue weighted by atomic mass is 10.1. The Bertz CT molecular complexity index is 573. The molecule has 21 heavy (non-hydrogen) atoms. The van der Waals surface area contributed by atoms with E-state index < -0.39 is 0 Å². The molecule has 2 N–H and O–H groups in total. The molecule has 0 saturated heterocycles. The fraction of sp³-hybridized carbons (Fsp3) is 0.471. The Morgan fingerprint density at radius 3 is 2.67 bits per heavy atom. The van der Waals surface area contributed by atoms with Gasteiger partial charge in [0.25, 0.3) is 0 Å². The number of rotatable bonds is 7. The molecule has 2 aromatic rings. The van der Waals surface area contributed by atoms with Crippen LogP contribution in [0, 0.1) is 6.92 Å². The number of aromatic nitrogens is 2. The van der Waals surface area contributed by atoms with Crippen molar-refractivity contribution in [2.24, 2.45) is 5.73 Å². The Balaban J connectivity index is 2.03. The number of nitrogens with two attached hydrogens (primary N) is 1. The number of nitrogens with zero attached hydrogens (tertiary/aromatic N) is 2. The molecule has 0 amide bonds. The van der Waals surface area contributed by atoms with Crippen LogP contribution in [0.1, 0.15) is 49.6 Å². The molecule has 0 fully saturated rings. The van der Waals surface area contributed by atoms with Gasteiger partial charge in [0.05, 0.1) is 11.7 Å². The van der Waals surface area contributed by atoms with Gasteiger partial charge in [0.2, 0.25) is 0 Å². The molecule has 0 unspecified atom stereocenters. The minimum absolute atomic E-state index is 0.473. The number of aryl methyl sites for hydroxylation is 1. The van der Waals surface area contributed by atoms with Crippen molar-refractivity contribution in [3.05, 3.63) is 47.3 Å². The summed E-state index contributed by atoms with van der Waals surface area (Å²) in [6.45, 7) is 7.43. The van der Waals surface area contributed by atoms with Crippen molar-refractivity contribution >= 4 is 0 Å². The van der Waals surface area contributed by atoms with E-state index in [4.69, 9.17) is 10.5 Å². The molecule has 2 rings (SSSR count). The first-order valence-corrected chi connectivity index (χ1v) is 7.64. The highest BCUT2D eigenvalue weighted by Gasteiger charge is 2.09. The summed E-state index contributed by atoms with van der Waals surface area (Å²) in [6.07, 6.45) is 4.23. The zero-order valence-electron chi connectivity index (χ0n) is 13.2. The molecule has 0 aliphatic rings. The molecule has 4 nitrogen and oxygen atoms in total. The first kappa shape index (κ1) is 15.6. The first-order chi connectivity index (χ1) is 10.2. The highest BCUT2D eigenvalue weighted by atomic mass is 16.5. The van der Waals surface area contributed by atoms with E-state index in [1.807, 2.05) is 42.1 Å². The summed E-state index contributed by atoms with van der Waals surface area (Å²) in [5, 5.41) is 4.61. The van der Waals surface area contributed by atoms with Gasteiger partial charge in [-0.1, -0.05) is 26.0 Å². The molecule has 0 aliphatic heterocycles. The highest BCUT2D eigenvalue weighted by Crippen LogP contribution is 2.21. The number of ether oxygens (including phenoxy) is 1. The molecule has 0 spiro atoms. The predicted octanol–water partition coefficient (Wildman–Crippen LogP) is 3.59. The Labute approximate surface area is 126 Å². The molecule has 1 aromatic carbocycles.